The molecule has 4 aromatic rings. The van der Waals surface area contributed by atoms with Crippen molar-refractivity contribution in [3.63, 3.8) is 0 Å². The van der Waals surface area contributed by atoms with Crippen molar-refractivity contribution in [2.24, 2.45) is 0 Å². The number of hydrogen-bond acceptors (Lipinski definition) is 3. The molecule has 5 nitrogen and oxygen atoms in total. The van der Waals surface area contributed by atoms with Crippen molar-refractivity contribution in [1.82, 2.24) is 14.5 Å². The minimum atomic E-state index is 0.0245. The standard InChI is InChI=1S/C27H27N3O2/c31-27(29(20-24-12-7-15-32-24)18-22-10-6-14-28-17-22)26-16-23-11-4-5-13-25(23)30(26)19-21-8-2-1-3-9-21/h1-6,8-11,13-14,16-17,24H,7,12,15,18-20H2. The van der Waals surface area contributed by atoms with Gasteiger partial charge in [0.2, 0.25) is 0 Å². The van der Waals surface area contributed by atoms with Crippen molar-refractivity contribution in [2.75, 3.05) is 13.2 Å². The number of aromatic nitrogens is 2. The molecule has 0 spiro atoms. The maximum Gasteiger partial charge on any atom is 0.270 e. The Balaban J connectivity index is 1.52. The quantitative estimate of drug-likeness (QED) is 0.423. The van der Waals surface area contributed by atoms with Crippen LogP contribution in [0.25, 0.3) is 10.9 Å². The first-order valence-corrected chi connectivity index (χ1v) is 11.2. The number of rotatable bonds is 7. The van der Waals surface area contributed by atoms with Gasteiger partial charge in [0.25, 0.3) is 5.91 Å². The van der Waals surface area contributed by atoms with Crippen LogP contribution in [0.2, 0.25) is 0 Å². The predicted octanol–water partition coefficient (Wildman–Crippen LogP) is 4.91. The maximum atomic E-state index is 13.9. The molecule has 1 saturated heterocycles. The Morgan fingerprint density at radius 1 is 1.03 bits per heavy atom. The molecule has 2 aromatic carbocycles. The van der Waals surface area contributed by atoms with Crippen molar-refractivity contribution >= 4 is 16.8 Å². The van der Waals surface area contributed by atoms with Crippen molar-refractivity contribution in [3.8, 4) is 0 Å². The van der Waals surface area contributed by atoms with E-state index in [0.29, 0.717) is 25.3 Å². The van der Waals surface area contributed by atoms with Crippen LogP contribution in [-0.4, -0.2) is 39.6 Å². The number of benzene rings is 2. The zero-order valence-corrected chi connectivity index (χ0v) is 18.1. The molecule has 1 aliphatic heterocycles. The number of nitrogens with zero attached hydrogens (tertiary/aromatic N) is 3. The minimum Gasteiger partial charge on any atom is -0.376 e. The molecular formula is C27H27N3O2. The average Bonchev–Trinajstić information content (AvgIpc) is 3.48. The highest BCUT2D eigenvalue weighted by Crippen LogP contribution is 2.24. The molecule has 0 bridgehead atoms. The summed E-state index contributed by atoms with van der Waals surface area (Å²) in [5.74, 6) is 0.0245. The Kier molecular flexibility index (Phi) is 5.99. The van der Waals surface area contributed by atoms with E-state index < -0.39 is 0 Å². The number of fused-ring (bicyclic) bond motifs is 1. The van der Waals surface area contributed by atoms with Gasteiger partial charge >= 0.3 is 0 Å². The van der Waals surface area contributed by atoms with E-state index in [4.69, 9.17) is 4.74 Å². The van der Waals surface area contributed by atoms with Crippen LogP contribution in [0, 0.1) is 0 Å². The van der Waals surface area contributed by atoms with Crippen molar-refractivity contribution in [1.29, 1.82) is 0 Å². The second-order valence-electron chi connectivity index (χ2n) is 8.34. The zero-order chi connectivity index (χ0) is 21.8. The summed E-state index contributed by atoms with van der Waals surface area (Å²) in [6.45, 7) is 2.52. The van der Waals surface area contributed by atoms with Crippen molar-refractivity contribution in [3.05, 3.63) is 102 Å². The van der Waals surface area contributed by atoms with E-state index in [1.807, 2.05) is 59.6 Å². The van der Waals surface area contributed by atoms with Gasteiger partial charge in [0.15, 0.2) is 0 Å². The van der Waals surface area contributed by atoms with Gasteiger partial charge < -0.3 is 14.2 Å². The fraction of sp³-hybridized carbons (Fsp3) is 0.259. The Labute approximate surface area is 188 Å². The van der Waals surface area contributed by atoms with Gasteiger partial charge in [0, 0.05) is 49.5 Å². The molecule has 32 heavy (non-hydrogen) atoms. The van der Waals surface area contributed by atoms with Gasteiger partial charge in [-0.1, -0.05) is 54.6 Å². The SMILES string of the molecule is O=C(c1cc2ccccc2n1Cc1ccccc1)N(Cc1cccnc1)CC1CCCO1. The zero-order valence-electron chi connectivity index (χ0n) is 18.1. The van der Waals surface area contributed by atoms with E-state index in [2.05, 4.69) is 33.8 Å². The number of pyridine rings is 1. The number of para-hydroxylation sites is 1. The fourth-order valence-corrected chi connectivity index (χ4v) is 4.45. The summed E-state index contributed by atoms with van der Waals surface area (Å²) in [5.41, 5.74) is 3.96. The van der Waals surface area contributed by atoms with Crippen molar-refractivity contribution in [2.45, 2.75) is 32.0 Å². The Morgan fingerprint density at radius 3 is 2.62 bits per heavy atom. The molecule has 3 heterocycles. The third-order valence-corrected chi connectivity index (χ3v) is 6.04. The highest BCUT2D eigenvalue weighted by molar-refractivity contribution is 5.98. The van der Waals surface area contributed by atoms with Crippen molar-refractivity contribution < 1.29 is 9.53 Å². The van der Waals surface area contributed by atoms with Crippen LogP contribution in [0.15, 0.2) is 85.2 Å². The van der Waals surface area contributed by atoms with Gasteiger partial charge in [-0.25, -0.2) is 0 Å². The molecule has 162 valence electrons. The summed E-state index contributed by atoms with van der Waals surface area (Å²) in [6, 6.07) is 24.4. The fourth-order valence-electron chi connectivity index (χ4n) is 4.45. The lowest BCUT2D eigenvalue weighted by Crippen LogP contribution is -2.38. The van der Waals surface area contributed by atoms with E-state index in [9.17, 15) is 4.79 Å². The molecule has 0 aliphatic carbocycles. The van der Waals surface area contributed by atoms with Crippen LogP contribution >= 0.6 is 0 Å². The lowest BCUT2D eigenvalue weighted by molar-refractivity contribution is 0.0500. The first kappa shape index (κ1) is 20.5. The first-order chi connectivity index (χ1) is 15.8. The first-order valence-electron chi connectivity index (χ1n) is 11.2. The monoisotopic (exact) mass is 425 g/mol. The highest BCUT2D eigenvalue weighted by atomic mass is 16.5. The maximum absolute atomic E-state index is 13.9. The summed E-state index contributed by atoms with van der Waals surface area (Å²) in [6.07, 6.45) is 5.71. The van der Waals surface area contributed by atoms with Gasteiger partial charge in [-0.05, 0) is 42.2 Å². The van der Waals surface area contributed by atoms with Gasteiger partial charge in [-0.2, -0.15) is 0 Å². The molecule has 0 N–H and O–H groups in total. The van der Waals surface area contributed by atoms with Crippen LogP contribution in [0.3, 0.4) is 0 Å². The highest BCUT2D eigenvalue weighted by Gasteiger charge is 2.26. The molecule has 2 aromatic heterocycles. The molecule has 1 atom stereocenters. The summed E-state index contributed by atoms with van der Waals surface area (Å²) in [5, 5.41) is 1.07. The number of amides is 1. The van der Waals surface area contributed by atoms with E-state index in [0.717, 1.165) is 35.9 Å². The Hall–Kier alpha value is -3.44. The topological polar surface area (TPSA) is 47.4 Å². The van der Waals surface area contributed by atoms with Crippen LogP contribution in [0.5, 0.6) is 0 Å². The predicted molar refractivity (Wildman–Crippen MR) is 125 cm³/mol. The molecule has 1 unspecified atom stereocenters. The molecular weight excluding hydrogens is 398 g/mol. The third-order valence-electron chi connectivity index (χ3n) is 6.04. The number of carbonyl (C=O) groups excluding carboxylic acids is 1. The van der Waals surface area contributed by atoms with Crippen LogP contribution < -0.4 is 0 Å². The van der Waals surface area contributed by atoms with Crippen LogP contribution in [0.1, 0.15) is 34.5 Å². The number of carbonyl (C=O) groups is 1. The molecule has 1 amide bonds. The van der Waals surface area contributed by atoms with Crippen LogP contribution in [-0.2, 0) is 17.8 Å². The molecule has 5 rings (SSSR count). The summed E-state index contributed by atoms with van der Waals surface area (Å²) >= 11 is 0. The molecule has 0 saturated carbocycles. The molecule has 1 aliphatic rings. The smallest absolute Gasteiger partial charge is 0.270 e. The van der Waals surface area contributed by atoms with E-state index in [1.165, 1.54) is 5.56 Å². The average molecular weight is 426 g/mol. The Bertz CT molecular complexity index is 1180. The lowest BCUT2D eigenvalue weighted by Gasteiger charge is -2.26. The second kappa shape index (κ2) is 9.37. The van der Waals surface area contributed by atoms with E-state index in [1.54, 1.807) is 6.20 Å². The number of ether oxygens (including phenoxy) is 1. The van der Waals surface area contributed by atoms with Gasteiger partial charge in [0.1, 0.15) is 5.69 Å². The summed E-state index contributed by atoms with van der Waals surface area (Å²) in [7, 11) is 0. The lowest BCUT2D eigenvalue weighted by atomic mass is 10.2. The van der Waals surface area contributed by atoms with Gasteiger partial charge in [0.05, 0.1) is 6.10 Å². The molecule has 0 radical (unpaired) electrons. The largest absolute Gasteiger partial charge is 0.376 e. The van der Waals surface area contributed by atoms with E-state index in [-0.39, 0.29) is 12.0 Å². The van der Waals surface area contributed by atoms with E-state index >= 15 is 0 Å². The van der Waals surface area contributed by atoms with Gasteiger partial charge in [-0.3, -0.25) is 9.78 Å². The third kappa shape index (κ3) is 4.43. The van der Waals surface area contributed by atoms with Crippen LogP contribution in [0.4, 0.5) is 0 Å². The minimum absolute atomic E-state index is 0.0245. The van der Waals surface area contributed by atoms with Gasteiger partial charge in [-0.15, -0.1) is 0 Å². The summed E-state index contributed by atoms with van der Waals surface area (Å²) in [4.78, 5) is 20.1. The molecule has 5 heteroatoms. The number of hydrogen-bond donors (Lipinski definition) is 0. The summed E-state index contributed by atoms with van der Waals surface area (Å²) < 4.78 is 8.01. The Morgan fingerprint density at radius 2 is 1.84 bits per heavy atom. The second-order valence-corrected chi connectivity index (χ2v) is 8.34. The molecule has 1 fully saturated rings. The normalized spacial score (nSPS) is 15.8.